The molecule has 0 saturated carbocycles. The van der Waals surface area contributed by atoms with Gasteiger partial charge in [-0.3, -0.25) is 5.41 Å². The lowest BCUT2D eigenvalue weighted by Gasteiger charge is -2.42. The summed E-state index contributed by atoms with van der Waals surface area (Å²) in [4.78, 5) is 0.365. The molecule has 7 nitrogen and oxygen atoms in total. The Morgan fingerprint density at radius 1 is 1.16 bits per heavy atom. The van der Waals surface area contributed by atoms with Crippen molar-refractivity contribution in [2.75, 3.05) is 5.75 Å². The van der Waals surface area contributed by atoms with Crippen molar-refractivity contribution < 1.29 is 21.6 Å². The van der Waals surface area contributed by atoms with Crippen molar-refractivity contribution in [2.45, 2.75) is 38.0 Å². The Morgan fingerprint density at radius 2 is 1.87 bits per heavy atom. The van der Waals surface area contributed by atoms with E-state index >= 15 is 0 Å². The minimum Gasteiger partial charge on any atom is -0.421 e. The molecule has 1 aromatic carbocycles. The van der Waals surface area contributed by atoms with Gasteiger partial charge in [0.15, 0.2) is 9.84 Å². The number of nitrogens with zero attached hydrogens (tertiary/aromatic N) is 2. The second-order valence-electron chi connectivity index (χ2n) is 8.21. The molecule has 1 fully saturated rings. The molecule has 1 saturated heterocycles. The first-order valence-electron chi connectivity index (χ1n) is 9.34. The third-order valence-electron chi connectivity index (χ3n) is 5.45. The molecular formula is C20H20F2N4O3S2. The number of aromatic nitrogens is 2. The summed E-state index contributed by atoms with van der Waals surface area (Å²) in [6, 6.07) is 5.36. The smallest absolute Gasteiger partial charge is 0.247 e. The predicted molar refractivity (Wildman–Crippen MR) is 114 cm³/mol. The monoisotopic (exact) mass is 466 g/mol. The zero-order valence-electron chi connectivity index (χ0n) is 17.2. The van der Waals surface area contributed by atoms with Crippen LogP contribution >= 0.6 is 11.3 Å². The third-order valence-corrected chi connectivity index (χ3v) is 9.58. The Hall–Kier alpha value is -2.66. The lowest BCUT2D eigenvalue weighted by molar-refractivity contribution is 0.432. The van der Waals surface area contributed by atoms with Gasteiger partial charge in [-0.25, -0.2) is 17.2 Å². The summed E-state index contributed by atoms with van der Waals surface area (Å²) in [5.74, 6) is -1.29. The van der Waals surface area contributed by atoms with Crippen LogP contribution in [0, 0.1) is 24.0 Å². The molecule has 0 spiro atoms. The molecule has 3 heterocycles. The maximum absolute atomic E-state index is 15.0. The quantitative estimate of drug-likeness (QED) is 0.603. The molecule has 1 aliphatic rings. The summed E-state index contributed by atoms with van der Waals surface area (Å²) >= 11 is 0.939. The van der Waals surface area contributed by atoms with Crippen LogP contribution in [0.15, 0.2) is 28.7 Å². The van der Waals surface area contributed by atoms with E-state index in [2.05, 4.69) is 15.5 Å². The number of aryl methyl sites for hydroxylation is 1. The van der Waals surface area contributed by atoms with Gasteiger partial charge >= 0.3 is 0 Å². The molecular weight excluding hydrogens is 446 g/mol. The summed E-state index contributed by atoms with van der Waals surface area (Å²) < 4.78 is 59.1. The molecule has 0 aliphatic carbocycles. The maximum atomic E-state index is 15.0. The Labute approximate surface area is 181 Å². The number of hydrogen-bond acceptors (Lipinski definition) is 7. The maximum Gasteiger partial charge on any atom is 0.247 e. The summed E-state index contributed by atoms with van der Waals surface area (Å²) in [5.41, 5.74) is -0.752. The van der Waals surface area contributed by atoms with E-state index in [-0.39, 0.29) is 27.0 Å². The second-order valence-corrected chi connectivity index (χ2v) is 11.8. The van der Waals surface area contributed by atoms with Crippen LogP contribution < -0.4 is 5.32 Å². The number of nitrogens with one attached hydrogen (secondary N) is 2. The lowest BCUT2D eigenvalue weighted by Crippen LogP contribution is -2.63. The van der Waals surface area contributed by atoms with Gasteiger partial charge in [0.2, 0.25) is 11.8 Å². The largest absolute Gasteiger partial charge is 0.421 e. The van der Waals surface area contributed by atoms with Gasteiger partial charge in [-0.2, -0.15) is 0 Å². The highest BCUT2D eigenvalue weighted by molar-refractivity contribution is 7.93. The van der Waals surface area contributed by atoms with Gasteiger partial charge in [-0.15, -0.1) is 21.5 Å². The minimum atomic E-state index is -3.74. The van der Waals surface area contributed by atoms with Crippen LogP contribution in [-0.4, -0.2) is 35.0 Å². The van der Waals surface area contributed by atoms with E-state index in [9.17, 15) is 17.2 Å². The van der Waals surface area contributed by atoms with E-state index < -0.39 is 37.5 Å². The molecule has 1 aliphatic heterocycles. The zero-order chi connectivity index (χ0) is 22.8. The highest BCUT2D eigenvalue weighted by Crippen LogP contribution is 2.42. The van der Waals surface area contributed by atoms with Gasteiger partial charge in [-0.05, 0) is 45.0 Å². The highest BCUT2D eigenvalue weighted by atomic mass is 32.2. The van der Waals surface area contributed by atoms with Gasteiger partial charge in [0.1, 0.15) is 22.2 Å². The van der Waals surface area contributed by atoms with E-state index in [1.54, 1.807) is 6.92 Å². The minimum absolute atomic E-state index is 0.0877. The average Bonchev–Trinajstić information content (AvgIpc) is 3.26. The molecule has 11 heteroatoms. The molecule has 31 heavy (non-hydrogen) atoms. The number of halogens is 2. The number of rotatable bonds is 3. The standard InChI is InChI=1S/C20H20F2N4O3S2/c1-10-25-26-17(29-10)11-5-6-13(21)12(7-11)15-8-14(22)16(30-15)20(4)9-31(27,28)19(2,3)18(23)24-20/h5-8H,9H2,1-4H3,(H2,23,24)/t20-/m0/s1. The van der Waals surface area contributed by atoms with Crippen LogP contribution in [0.5, 0.6) is 0 Å². The Kier molecular flexibility index (Phi) is 4.82. The SMILES string of the molecule is Cc1nnc(-c2ccc(F)c(-c3cc(F)c([C@]4(C)CS(=O)(=O)C(C)(C)C(=N)N4)s3)c2)o1. The van der Waals surface area contributed by atoms with Crippen LogP contribution in [0.3, 0.4) is 0 Å². The van der Waals surface area contributed by atoms with Gasteiger partial charge in [0, 0.05) is 22.9 Å². The molecule has 0 bridgehead atoms. The van der Waals surface area contributed by atoms with E-state index in [1.807, 2.05) is 0 Å². The van der Waals surface area contributed by atoms with Gasteiger partial charge < -0.3 is 9.73 Å². The Bertz CT molecular complexity index is 1310. The fraction of sp³-hybridized carbons (Fsp3) is 0.350. The van der Waals surface area contributed by atoms with Gasteiger partial charge in [0.25, 0.3) is 0 Å². The van der Waals surface area contributed by atoms with Crippen LogP contribution in [0.4, 0.5) is 8.78 Å². The number of thiophene rings is 1. The molecule has 3 aromatic rings. The molecule has 2 aromatic heterocycles. The topological polar surface area (TPSA) is 109 Å². The highest BCUT2D eigenvalue weighted by Gasteiger charge is 2.51. The second kappa shape index (κ2) is 6.92. The average molecular weight is 467 g/mol. The van der Waals surface area contributed by atoms with E-state index in [1.165, 1.54) is 45.0 Å². The predicted octanol–water partition coefficient (Wildman–Crippen LogP) is 4.04. The fourth-order valence-corrected chi connectivity index (χ4v) is 6.38. The first-order valence-corrected chi connectivity index (χ1v) is 11.8. The van der Waals surface area contributed by atoms with Crippen molar-refractivity contribution in [3.8, 4) is 21.9 Å². The van der Waals surface area contributed by atoms with Crippen LogP contribution in [0.1, 0.15) is 31.5 Å². The van der Waals surface area contributed by atoms with E-state index in [0.717, 1.165) is 11.3 Å². The summed E-state index contributed by atoms with van der Waals surface area (Å²) in [6.07, 6.45) is 0. The van der Waals surface area contributed by atoms with E-state index in [4.69, 9.17) is 9.83 Å². The molecule has 0 amide bonds. The third kappa shape index (κ3) is 3.45. The molecule has 0 unspecified atom stereocenters. The van der Waals surface area contributed by atoms with Crippen LogP contribution in [0.25, 0.3) is 21.9 Å². The van der Waals surface area contributed by atoms with Crippen molar-refractivity contribution in [1.82, 2.24) is 15.5 Å². The van der Waals surface area contributed by atoms with Gasteiger partial charge in [0.05, 0.1) is 16.2 Å². The van der Waals surface area contributed by atoms with Crippen molar-refractivity contribution in [3.05, 3.63) is 46.7 Å². The molecule has 164 valence electrons. The summed E-state index contributed by atoms with van der Waals surface area (Å²) in [6.45, 7) is 6.04. The van der Waals surface area contributed by atoms with Crippen molar-refractivity contribution in [1.29, 1.82) is 5.41 Å². The lowest BCUT2D eigenvalue weighted by atomic mass is 9.99. The zero-order valence-corrected chi connectivity index (χ0v) is 18.8. The first kappa shape index (κ1) is 21.6. The molecule has 0 radical (unpaired) electrons. The normalized spacial score (nSPS) is 22.3. The number of amidine groups is 1. The van der Waals surface area contributed by atoms with Crippen molar-refractivity contribution >= 4 is 27.0 Å². The molecule has 2 N–H and O–H groups in total. The van der Waals surface area contributed by atoms with Crippen molar-refractivity contribution in [3.63, 3.8) is 0 Å². The molecule has 1 atom stereocenters. The van der Waals surface area contributed by atoms with Crippen molar-refractivity contribution in [2.24, 2.45) is 0 Å². The first-order chi connectivity index (χ1) is 14.3. The Morgan fingerprint density at radius 3 is 2.48 bits per heavy atom. The van der Waals surface area contributed by atoms with Gasteiger partial charge in [-0.1, -0.05) is 0 Å². The number of sulfone groups is 1. The van der Waals surface area contributed by atoms with Crippen LogP contribution in [0.2, 0.25) is 0 Å². The van der Waals surface area contributed by atoms with E-state index in [0.29, 0.717) is 11.5 Å². The molecule has 4 rings (SSSR count). The number of benzene rings is 1. The Balaban J connectivity index is 1.78. The van der Waals surface area contributed by atoms with Crippen LogP contribution in [-0.2, 0) is 15.4 Å². The summed E-state index contributed by atoms with van der Waals surface area (Å²) in [7, 11) is -3.74. The fourth-order valence-electron chi connectivity index (χ4n) is 3.44. The number of hydrogen-bond donors (Lipinski definition) is 2. The summed E-state index contributed by atoms with van der Waals surface area (Å²) in [5, 5.41) is 18.7.